The predicted molar refractivity (Wildman–Crippen MR) is 123 cm³/mol. The van der Waals surface area contributed by atoms with Gasteiger partial charge >= 0.3 is 0 Å². The molecule has 0 aliphatic carbocycles. The summed E-state index contributed by atoms with van der Waals surface area (Å²) in [5, 5.41) is 5.87. The summed E-state index contributed by atoms with van der Waals surface area (Å²) in [6.45, 7) is 2.55. The second-order valence-corrected chi connectivity index (χ2v) is 6.01. The molecule has 0 bridgehead atoms. The molecule has 0 radical (unpaired) electrons. The molecule has 0 aliphatic rings. The predicted octanol–water partition coefficient (Wildman–Crippen LogP) is 4.64. The van der Waals surface area contributed by atoms with Crippen LogP contribution in [0.1, 0.15) is 28.6 Å². The van der Waals surface area contributed by atoms with Gasteiger partial charge in [0.15, 0.2) is 11.7 Å². The van der Waals surface area contributed by atoms with Gasteiger partial charge in [-0.2, -0.15) is 0 Å². The Morgan fingerprint density at radius 3 is 2.46 bits per heavy atom. The van der Waals surface area contributed by atoms with E-state index in [0.29, 0.717) is 18.2 Å². The first kappa shape index (κ1) is 21.5. The maximum absolute atomic E-state index is 11.9. The number of carbonyl (C=O) groups excluding carboxylic acids is 1. The van der Waals surface area contributed by atoms with Gasteiger partial charge in [0.2, 0.25) is 0 Å². The third kappa shape index (κ3) is 6.12. The number of hydrogen-bond acceptors (Lipinski definition) is 3. The third-order valence-corrected chi connectivity index (χ3v) is 4.00. The van der Waals surface area contributed by atoms with Crippen molar-refractivity contribution in [1.29, 1.82) is 0 Å². The van der Waals surface area contributed by atoms with Crippen molar-refractivity contribution >= 4 is 47.2 Å². The third-order valence-electron chi connectivity index (χ3n) is 4.00. The maximum Gasteiger partial charge on any atom is 0.291 e. The van der Waals surface area contributed by atoms with E-state index in [0.717, 1.165) is 17.7 Å². The minimum Gasteiger partial charge on any atom is -0.459 e. The van der Waals surface area contributed by atoms with Crippen molar-refractivity contribution < 1.29 is 9.21 Å². The highest BCUT2D eigenvalue weighted by Gasteiger charge is 2.08. The molecule has 1 amide bonds. The molecule has 1 heterocycles. The highest BCUT2D eigenvalue weighted by atomic mass is 127. The fourth-order valence-electron chi connectivity index (χ4n) is 2.53. The number of hydrogen-bond donors (Lipinski definition) is 3. The standard InChI is InChI=1S/C21H22N4O2.HI/c1-2-15-5-3-6-18(13-15)25-21(22)23-14-16-8-10-17(11-9-16)24-20(26)19-7-4-12-27-19;/h3-13H,2,14H2,1H3,(H,24,26)(H3,22,23,25);1H. The summed E-state index contributed by atoms with van der Waals surface area (Å²) in [4.78, 5) is 16.3. The van der Waals surface area contributed by atoms with Crippen LogP contribution in [-0.2, 0) is 13.0 Å². The molecule has 0 saturated heterocycles. The van der Waals surface area contributed by atoms with Gasteiger partial charge in [-0.1, -0.05) is 31.2 Å². The van der Waals surface area contributed by atoms with E-state index in [-0.39, 0.29) is 35.6 Å². The van der Waals surface area contributed by atoms with Crippen molar-refractivity contribution in [2.75, 3.05) is 10.6 Å². The van der Waals surface area contributed by atoms with E-state index < -0.39 is 0 Å². The Morgan fingerprint density at radius 1 is 1.00 bits per heavy atom. The number of amides is 1. The van der Waals surface area contributed by atoms with Crippen LogP contribution in [0.2, 0.25) is 0 Å². The van der Waals surface area contributed by atoms with Crippen molar-refractivity contribution in [2.45, 2.75) is 19.9 Å². The van der Waals surface area contributed by atoms with Gasteiger partial charge in [-0.3, -0.25) is 4.79 Å². The zero-order chi connectivity index (χ0) is 19.1. The second kappa shape index (κ2) is 10.5. The Bertz CT molecular complexity index is 922. The number of nitrogens with two attached hydrogens (primary N) is 1. The van der Waals surface area contributed by atoms with E-state index in [4.69, 9.17) is 10.2 Å². The molecule has 2 aromatic carbocycles. The zero-order valence-corrected chi connectivity index (χ0v) is 17.8. The van der Waals surface area contributed by atoms with Crippen LogP contribution in [0.25, 0.3) is 0 Å². The van der Waals surface area contributed by atoms with Gasteiger partial charge in [-0.05, 0) is 53.9 Å². The summed E-state index contributed by atoms with van der Waals surface area (Å²) >= 11 is 0. The van der Waals surface area contributed by atoms with Crippen molar-refractivity contribution in [1.82, 2.24) is 0 Å². The number of carbonyl (C=O) groups is 1. The Balaban J connectivity index is 0.00000280. The molecule has 3 aromatic rings. The fourth-order valence-corrected chi connectivity index (χ4v) is 2.53. The Kier molecular flexibility index (Phi) is 8.06. The van der Waals surface area contributed by atoms with Crippen molar-refractivity contribution in [2.24, 2.45) is 10.7 Å². The first-order chi connectivity index (χ1) is 13.1. The molecule has 28 heavy (non-hydrogen) atoms. The number of anilines is 2. The number of nitrogens with one attached hydrogen (secondary N) is 2. The SMILES string of the molecule is CCc1cccc(NC(N)=NCc2ccc(NC(=O)c3ccco3)cc2)c1.I. The van der Waals surface area contributed by atoms with E-state index in [9.17, 15) is 4.79 Å². The van der Waals surface area contributed by atoms with Gasteiger partial charge in [0.05, 0.1) is 12.8 Å². The molecule has 0 saturated carbocycles. The van der Waals surface area contributed by atoms with E-state index in [2.05, 4.69) is 34.7 Å². The van der Waals surface area contributed by atoms with Gasteiger partial charge in [0.25, 0.3) is 5.91 Å². The fraction of sp³-hybridized carbons (Fsp3) is 0.143. The largest absolute Gasteiger partial charge is 0.459 e. The van der Waals surface area contributed by atoms with Crippen molar-refractivity contribution in [3.8, 4) is 0 Å². The van der Waals surface area contributed by atoms with Gasteiger partial charge < -0.3 is 20.8 Å². The van der Waals surface area contributed by atoms with Gasteiger partial charge in [-0.15, -0.1) is 24.0 Å². The van der Waals surface area contributed by atoms with Crippen LogP contribution >= 0.6 is 24.0 Å². The smallest absolute Gasteiger partial charge is 0.291 e. The highest BCUT2D eigenvalue weighted by Crippen LogP contribution is 2.13. The number of aryl methyl sites for hydroxylation is 1. The number of benzene rings is 2. The van der Waals surface area contributed by atoms with Crippen LogP contribution in [0.4, 0.5) is 11.4 Å². The van der Waals surface area contributed by atoms with Gasteiger partial charge in [-0.25, -0.2) is 4.99 Å². The lowest BCUT2D eigenvalue weighted by Gasteiger charge is -2.07. The van der Waals surface area contributed by atoms with Crippen molar-refractivity contribution in [3.05, 3.63) is 83.8 Å². The highest BCUT2D eigenvalue weighted by molar-refractivity contribution is 14.0. The van der Waals surface area contributed by atoms with E-state index in [1.54, 1.807) is 12.1 Å². The van der Waals surface area contributed by atoms with E-state index in [1.165, 1.54) is 11.8 Å². The quantitative estimate of drug-likeness (QED) is 0.267. The summed E-state index contributed by atoms with van der Waals surface area (Å²) < 4.78 is 5.07. The van der Waals surface area contributed by atoms with Crippen LogP contribution in [-0.4, -0.2) is 11.9 Å². The minimum absolute atomic E-state index is 0. The number of aliphatic imine (C=N–C) groups is 1. The van der Waals surface area contributed by atoms with Crippen LogP contribution in [0.5, 0.6) is 0 Å². The minimum atomic E-state index is -0.284. The Hall–Kier alpha value is -2.81. The summed E-state index contributed by atoms with van der Waals surface area (Å²) in [5.74, 6) is 0.349. The lowest BCUT2D eigenvalue weighted by Crippen LogP contribution is -2.22. The number of rotatable bonds is 6. The zero-order valence-electron chi connectivity index (χ0n) is 15.5. The number of furan rings is 1. The molecule has 0 unspecified atom stereocenters. The molecule has 146 valence electrons. The van der Waals surface area contributed by atoms with Crippen LogP contribution in [0.15, 0.2) is 76.3 Å². The maximum atomic E-state index is 11.9. The second-order valence-electron chi connectivity index (χ2n) is 6.01. The number of guanidine groups is 1. The lowest BCUT2D eigenvalue weighted by molar-refractivity contribution is 0.0996. The molecule has 0 aliphatic heterocycles. The summed E-state index contributed by atoms with van der Waals surface area (Å²) in [7, 11) is 0. The molecule has 0 fully saturated rings. The monoisotopic (exact) mass is 490 g/mol. The molecule has 7 heteroatoms. The van der Waals surface area contributed by atoms with Gasteiger partial charge in [0.1, 0.15) is 0 Å². The van der Waals surface area contributed by atoms with Gasteiger partial charge in [0, 0.05) is 11.4 Å². The number of halogens is 1. The molecule has 4 N–H and O–H groups in total. The summed E-state index contributed by atoms with van der Waals surface area (Å²) in [5.41, 5.74) is 9.80. The molecule has 0 atom stereocenters. The summed E-state index contributed by atoms with van der Waals surface area (Å²) in [6.07, 6.45) is 2.43. The Morgan fingerprint density at radius 2 is 1.79 bits per heavy atom. The first-order valence-corrected chi connectivity index (χ1v) is 8.73. The molecule has 0 spiro atoms. The van der Waals surface area contributed by atoms with E-state index in [1.807, 2.05) is 36.4 Å². The molecule has 6 nitrogen and oxygen atoms in total. The van der Waals surface area contributed by atoms with Crippen LogP contribution < -0.4 is 16.4 Å². The Labute approximate surface area is 181 Å². The molecule has 3 rings (SSSR count). The molecular weight excluding hydrogens is 467 g/mol. The van der Waals surface area contributed by atoms with Crippen molar-refractivity contribution in [3.63, 3.8) is 0 Å². The first-order valence-electron chi connectivity index (χ1n) is 8.73. The average molecular weight is 490 g/mol. The van der Waals surface area contributed by atoms with Crippen LogP contribution in [0, 0.1) is 0 Å². The molecular formula is C21H23IN4O2. The average Bonchev–Trinajstić information content (AvgIpc) is 3.22. The lowest BCUT2D eigenvalue weighted by atomic mass is 10.1. The number of nitrogens with zero attached hydrogens (tertiary/aromatic N) is 1. The summed E-state index contributed by atoms with van der Waals surface area (Å²) in [6, 6.07) is 18.8. The van der Waals surface area contributed by atoms with Crippen LogP contribution in [0.3, 0.4) is 0 Å². The van der Waals surface area contributed by atoms with E-state index >= 15 is 0 Å². The molecule has 1 aromatic heterocycles. The topological polar surface area (TPSA) is 92.6 Å². The normalized spacial score (nSPS) is 10.8.